The summed E-state index contributed by atoms with van der Waals surface area (Å²) >= 11 is 1.50. The molecular weight excluding hydrogens is 405 g/mol. The Labute approximate surface area is 173 Å². The van der Waals surface area contributed by atoms with E-state index in [9.17, 15) is 14.4 Å². The van der Waals surface area contributed by atoms with Gasteiger partial charge >= 0.3 is 5.63 Å². The third-order valence-corrected chi connectivity index (χ3v) is 6.31. The fourth-order valence-corrected chi connectivity index (χ4v) is 4.99. The lowest BCUT2D eigenvalue weighted by Crippen LogP contribution is -2.47. The van der Waals surface area contributed by atoms with Crippen molar-refractivity contribution in [2.75, 3.05) is 0 Å². The highest BCUT2D eigenvalue weighted by atomic mass is 32.1. The summed E-state index contributed by atoms with van der Waals surface area (Å²) in [5, 5.41) is 13.6. The van der Waals surface area contributed by atoms with Crippen molar-refractivity contribution in [3.05, 3.63) is 97.3 Å². The monoisotopic (exact) mass is 417 g/mol. The number of thiophene rings is 1. The average Bonchev–Trinajstić information content (AvgIpc) is 3.29. The van der Waals surface area contributed by atoms with Gasteiger partial charge in [0.2, 0.25) is 5.79 Å². The van der Waals surface area contributed by atoms with Crippen molar-refractivity contribution in [2.45, 2.75) is 18.3 Å². The third kappa shape index (κ3) is 2.32. The molecule has 4 aromatic rings. The lowest BCUT2D eigenvalue weighted by Gasteiger charge is -2.46. The smallest absolute Gasteiger partial charge is 0.346 e. The van der Waals surface area contributed by atoms with E-state index in [0.29, 0.717) is 17.4 Å². The van der Waals surface area contributed by atoms with Gasteiger partial charge in [-0.3, -0.25) is 0 Å². The van der Waals surface area contributed by atoms with Crippen LogP contribution in [0.5, 0.6) is 5.75 Å². The number of rotatable bonds is 1. The number of ether oxygens (including phenoxy) is 2. The minimum absolute atomic E-state index is 0.199. The van der Waals surface area contributed by atoms with Crippen LogP contribution in [0, 0.1) is 17.1 Å². The molecule has 6 rings (SSSR count). The summed E-state index contributed by atoms with van der Waals surface area (Å²) in [6.07, 6.45) is -0.407. The van der Waals surface area contributed by atoms with Crippen LogP contribution < -0.4 is 10.4 Å². The largest absolute Gasteiger partial charge is 0.456 e. The van der Waals surface area contributed by atoms with Crippen LogP contribution in [0.3, 0.4) is 0 Å². The van der Waals surface area contributed by atoms with Crippen molar-refractivity contribution >= 4 is 22.3 Å². The fraction of sp³-hybridized carbons (Fsp3) is 0.130. The van der Waals surface area contributed by atoms with Crippen molar-refractivity contribution < 1.29 is 18.3 Å². The Balaban J connectivity index is 1.70. The Kier molecular flexibility index (Phi) is 3.49. The Hall–Kier alpha value is -3.47. The van der Waals surface area contributed by atoms with E-state index >= 15 is 0 Å². The Morgan fingerprint density at radius 3 is 2.90 bits per heavy atom. The summed E-state index contributed by atoms with van der Waals surface area (Å²) in [7, 11) is 0. The Morgan fingerprint density at radius 2 is 2.10 bits per heavy atom. The molecule has 5 nitrogen and oxygen atoms in total. The van der Waals surface area contributed by atoms with E-state index < -0.39 is 23.3 Å². The molecule has 2 aliphatic rings. The van der Waals surface area contributed by atoms with Gasteiger partial charge in [-0.15, -0.1) is 0 Å². The van der Waals surface area contributed by atoms with Crippen molar-refractivity contribution in [3.8, 4) is 11.8 Å². The molecule has 0 saturated heterocycles. The topological polar surface area (TPSA) is 72.5 Å². The van der Waals surface area contributed by atoms with Crippen molar-refractivity contribution in [1.82, 2.24) is 0 Å². The van der Waals surface area contributed by atoms with Crippen molar-refractivity contribution in [2.24, 2.45) is 0 Å². The number of fused-ring (bicyclic) bond motifs is 8. The molecule has 0 N–H and O–H groups in total. The molecule has 30 heavy (non-hydrogen) atoms. The summed E-state index contributed by atoms with van der Waals surface area (Å²) in [6, 6.07) is 13.3. The molecule has 0 fully saturated rings. The number of hydrogen-bond donors (Lipinski definition) is 0. The lowest BCUT2D eigenvalue weighted by atomic mass is 9.84. The van der Waals surface area contributed by atoms with Gasteiger partial charge in [0.05, 0.1) is 17.0 Å². The number of hydrogen-bond acceptors (Lipinski definition) is 6. The Bertz CT molecular complexity index is 1440. The molecule has 7 heteroatoms. The molecule has 0 unspecified atom stereocenters. The maximum Gasteiger partial charge on any atom is 0.346 e. The van der Waals surface area contributed by atoms with E-state index in [1.54, 1.807) is 18.2 Å². The summed E-state index contributed by atoms with van der Waals surface area (Å²) < 4.78 is 32.3. The van der Waals surface area contributed by atoms with Crippen molar-refractivity contribution in [1.29, 1.82) is 5.26 Å². The summed E-state index contributed by atoms with van der Waals surface area (Å²) in [5.41, 5.74) is 2.81. The first kappa shape index (κ1) is 17.4. The summed E-state index contributed by atoms with van der Waals surface area (Å²) in [5.74, 6) is -1.37. The van der Waals surface area contributed by atoms with E-state index in [-0.39, 0.29) is 16.9 Å². The van der Waals surface area contributed by atoms with E-state index in [4.69, 9.17) is 13.9 Å². The fourth-order valence-electron chi connectivity index (χ4n) is 4.28. The quantitative estimate of drug-likeness (QED) is 0.417. The van der Waals surface area contributed by atoms with E-state index in [2.05, 4.69) is 6.07 Å². The van der Waals surface area contributed by atoms with Crippen LogP contribution in [-0.2, 0) is 16.9 Å². The highest BCUT2D eigenvalue weighted by molar-refractivity contribution is 7.08. The van der Waals surface area contributed by atoms with Crippen LogP contribution in [0.4, 0.5) is 4.39 Å². The molecule has 0 amide bonds. The van der Waals surface area contributed by atoms with Gasteiger partial charge in [-0.05, 0) is 52.9 Å². The molecule has 2 bridgehead atoms. The van der Waals surface area contributed by atoms with E-state index in [0.717, 1.165) is 16.7 Å². The van der Waals surface area contributed by atoms with Crippen molar-refractivity contribution in [3.63, 3.8) is 0 Å². The molecule has 4 heterocycles. The molecule has 0 aliphatic carbocycles. The second kappa shape index (κ2) is 6.02. The Morgan fingerprint density at radius 1 is 1.20 bits per heavy atom. The molecule has 2 aliphatic heterocycles. The lowest BCUT2D eigenvalue weighted by molar-refractivity contribution is -0.237. The maximum absolute atomic E-state index is 14.1. The molecule has 0 radical (unpaired) electrons. The zero-order valence-corrected chi connectivity index (χ0v) is 16.2. The maximum atomic E-state index is 14.1. The second-order valence-corrected chi connectivity index (χ2v) is 8.12. The summed E-state index contributed by atoms with van der Waals surface area (Å²) in [6.45, 7) is 0. The van der Waals surface area contributed by atoms with Crippen LogP contribution in [0.15, 0.2) is 62.4 Å². The molecule has 2 atom stereocenters. The van der Waals surface area contributed by atoms with Crippen LogP contribution in [0.2, 0.25) is 0 Å². The van der Waals surface area contributed by atoms with Gasteiger partial charge in [0, 0.05) is 17.4 Å². The highest BCUT2D eigenvalue weighted by Crippen LogP contribution is 2.53. The molecule has 2 aromatic carbocycles. The van der Waals surface area contributed by atoms with Gasteiger partial charge in [-0.25, -0.2) is 9.18 Å². The van der Waals surface area contributed by atoms with E-state index in [1.807, 2.05) is 16.8 Å². The van der Waals surface area contributed by atoms with Gasteiger partial charge in [0.1, 0.15) is 28.8 Å². The van der Waals surface area contributed by atoms with Gasteiger partial charge in [-0.2, -0.15) is 16.6 Å². The van der Waals surface area contributed by atoms with Gasteiger partial charge in [-0.1, -0.05) is 6.07 Å². The van der Waals surface area contributed by atoms with Crippen LogP contribution >= 0.6 is 11.3 Å². The SMILES string of the molecule is N#Cc1ccc2c(c1)C[C@]1(c3ccsc3)Oc3c(c(=O)oc4ccc(F)cc34)[C@@H]2O1. The number of benzene rings is 2. The standard InChI is InChI=1S/C23H12FNO4S/c24-15-2-4-18-17(8-15)21-19(22(26)27-18)20-16-3-1-12(10-25)7-13(16)9-23(28-20,29-21)14-5-6-30-11-14/h1-8,11,20H,9H2/t20-,23-/m1/s1. The zero-order chi connectivity index (χ0) is 20.5. The van der Waals surface area contributed by atoms with Gasteiger partial charge in [0.15, 0.2) is 0 Å². The number of halogens is 1. The normalized spacial score (nSPS) is 21.4. The minimum atomic E-state index is -1.19. The summed E-state index contributed by atoms with van der Waals surface area (Å²) in [4.78, 5) is 12.9. The highest BCUT2D eigenvalue weighted by Gasteiger charge is 2.51. The van der Waals surface area contributed by atoms with Crippen LogP contribution in [0.25, 0.3) is 11.0 Å². The first-order chi connectivity index (χ1) is 14.6. The van der Waals surface area contributed by atoms with Crippen LogP contribution in [-0.4, -0.2) is 0 Å². The predicted molar refractivity (Wildman–Crippen MR) is 107 cm³/mol. The predicted octanol–water partition coefficient (Wildman–Crippen LogP) is 4.77. The average molecular weight is 417 g/mol. The second-order valence-electron chi connectivity index (χ2n) is 7.34. The number of nitriles is 1. The molecule has 146 valence electrons. The third-order valence-electron chi connectivity index (χ3n) is 5.63. The number of nitrogens with zero attached hydrogens (tertiary/aromatic N) is 1. The van der Waals surface area contributed by atoms with E-state index in [1.165, 1.54) is 29.5 Å². The molecule has 0 spiro atoms. The van der Waals surface area contributed by atoms with Gasteiger partial charge < -0.3 is 13.9 Å². The van der Waals surface area contributed by atoms with Gasteiger partial charge in [0.25, 0.3) is 0 Å². The van der Waals surface area contributed by atoms with Crippen LogP contribution in [0.1, 0.15) is 33.9 Å². The first-order valence-corrected chi connectivity index (χ1v) is 10.2. The minimum Gasteiger partial charge on any atom is -0.456 e. The molecular formula is C23H12FNO4S. The molecule has 2 aromatic heterocycles. The first-order valence-electron chi connectivity index (χ1n) is 9.27. The zero-order valence-electron chi connectivity index (χ0n) is 15.3. The molecule has 0 saturated carbocycles.